The summed E-state index contributed by atoms with van der Waals surface area (Å²) in [6.07, 6.45) is 2.72. The lowest BCUT2D eigenvalue weighted by molar-refractivity contribution is -0.199. The average molecular weight is 818 g/mol. The van der Waals surface area contributed by atoms with E-state index in [1.165, 1.54) is 5.69 Å². The van der Waals surface area contributed by atoms with E-state index in [0.717, 1.165) is 81.0 Å². The van der Waals surface area contributed by atoms with Gasteiger partial charge in [0, 0.05) is 111 Å². The Morgan fingerprint density at radius 2 is 1.36 bits per heavy atom. The first kappa shape index (κ1) is 39.3. The lowest BCUT2D eigenvalue weighted by Crippen LogP contribution is -2.74. The van der Waals surface area contributed by atoms with Crippen molar-refractivity contribution < 1.29 is 23.9 Å². The molecule has 308 valence electrons. The Labute approximate surface area is 351 Å². The molecule has 1 aliphatic carbocycles. The van der Waals surface area contributed by atoms with Gasteiger partial charge in [0.2, 0.25) is 11.8 Å². The fourth-order valence-electron chi connectivity index (χ4n) is 11.4. The van der Waals surface area contributed by atoms with Gasteiger partial charge < -0.3 is 24.3 Å². The first-order valence-electron chi connectivity index (χ1n) is 21.0. The van der Waals surface area contributed by atoms with Crippen LogP contribution in [0.5, 0.6) is 5.75 Å². The molecule has 3 saturated heterocycles. The summed E-state index contributed by atoms with van der Waals surface area (Å²) in [5.41, 5.74) is 5.55. The summed E-state index contributed by atoms with van der Waals surface area (Å²) >= 11 is 6.31. The molecule has 0 radical (unpaired) electrons. The Bertz CT molecular complexity index is 2250. The molecule has 1 N–H and O–H groups in total. The molecule has 4 amide bonds. The SMILES string of the molecule is CC1(C)[C@H](Oc2ccc(C#N)c(Cl)c2)C(C)(C)[C@H]1N1Cc2cc(N3CCC(CN4CCN(c5ccc6c(c5)CN(C5CCC(=O)NC5=O)C6=O)CC4)CC3)ccc2C1=O. The van der Waals surface area contributed by atoms with Gasteiger partial charge in [-0.3, -0.25) is 29.4 Å². The largest absolute Gasteiger partial charge is 0.489 e. The number of benzene rings is 3. The average Bonchev–Trinajstić information content (AvgIpc) is 3.71. The van der Waals surface area contributed by atoms with Crippen LogP contribution in [0, 0.1) is 28.1 Å². The molecule has 0 spiro atoms. The van der Waals surface area contributed by atoms with Crippen molar-refractivity contribution in [1.29, 1.82) is 5.26 Å². The van der Waals surface area contributed by atoms with Crippen molar-refractivity contribution in [2.24, 2.45) is 16.7 Å². The predicted molar refractivity (Wildman–Crippen MR) is 224 cm³/mol. The summed E-state index contributed by atoms with van der Waals surface area (Å²) in [6, 6.07) is 19.1. The van der Waals surface area contributed by atoms with Gasteiger partial charge in [-0.25, -0.2) is 0 Å². The van der Waals surface area contributed by atoms with E-state index < -0.39 is 6.04 Å². The highest BCUT2D eigenvalue weighted by Gasteiger charge is 2.67. The minimum atomic E-state index is -0.602. The molecule has 9 rings (SSSR count). The standard InChI is InChI=1S/C46H52ClN7O5/c1-45(2)43(46(3,4)44(45)59-34-8-5-29(24-48)37(47)23-34)54-27-31-22-32(6-10-36(31)42(54)58)51-15-13-28(14-16-51)25-50-17-19-52(20-18-50)33-7-9-35-30(21-33)26-53(41(35)57)38-11-12-39(55)49-40(38)56/h5-10,21-23,28,38,43-44H,11-20,25-27H2,1-4H3,(H,49,55,56)/t38?,43-,44-. The second kappa shape index (κ2) is 14.9. The lowest BCUT2D eigenvalue weighted by Gasteiger charge is -2.65. The molecule has 0 aromatic heterocycles. The molecule has 12 nitrogen and oxygen atoms in total. The molecular weight excluding hydrogens is 766 g/mol. The Balaban J connectivity index is 0.759. The molecule has 0 bridgehead atoms. The van der Waals surface area contributed by atoms with Crippen molar-refractivity contribution in [1.82, 2.24) is 20.0 Å². The van der Waals surface area contributed by atoms with E-state index in [-0.39, 0.29) is 53.0 Å². The molecule has 5 heterocycles. The maximum absolute atomic E-state index is 13.9. The van der Waals surface area contributed by atoms with Gasteiger partial charge in [0.1, 0.15) is 24.0 Å². The fraction of sp³-hybridized carbons (Fsp3) is 0.500. The lowest BCUT2D eigenvalue weighted by atomic mass is 9.49. The Morgan fingerprint density at radius 3 is 1.95 bits per heavy atom. The van der Waals surface area contributed by atoms with Crippen LogP contribution in [-0.2, 0) is 22.7 Å². The summed E-state index contributed by atoms with van der Waals surface area (Å²) in [5.74, 6) is 0.541. The van der Waals surface area contributed by atoms with Crippen LogP contribution < -0.4 is 19.9 Å². The van der Waals surface area contributed by atoms with Crippen molar-refractivity contribution in [3.63, 3.8) is 0 Å². The highest BCUT2D eigenvalue weighted by atomic mass is 35.5. The van der Waals surface area contributed by atoms with Gasteiger partial charge in [0.15, 0.2) is 0 Å². The number of halogens is 1. The number of amides is 4. The van der Waals surface area contributed by atoms with Crippen LogP contribution in [0.2, 0.25) is 5.02 Å². The molecule has 59 heavy (non-hydrogen) atoms. The van der Waals surface area contributed by atoms with Crippen molar-refractivity contribution in [2.75, 3.05) is 55.6 Å². The van der Waals surface area contributed by atoms with Gasteiger partial charge in [-0.05, 0) is 84.8 Å². The van der Waals surface area contributed by atoms with E-state index in [2.05, 4.69) is 76.9 Å². The third-order valence-electron chi connectivity index (χ3n) is 14.0. The molecule has 5 aliphatic heterocycles. The zero-order chi connectivity index (χ0) is 41.4. The molecule has 4 fully saturated rings. The van der Waals surface area contributed by atoms with Gasteiger partial charge in [0.25, 0.3) is 11.8 Å². The Morgan fingerprint density at radius 1 is 0.763 bits per heavy atom. The van der Waals surface area contributed by atoms with Gasteiger partial charge in [-0.15, -0.1) is 0 Å². The number of piperidine rings is 2. The van der Waals surface area contributed by atoms with E-state index >= 15 is 0 Å². The quantitative estimate of drug-likeness (QED) is 0.279. The second-order valence-corrected chi connectivity index (χ2v) is 18.9. The minimum Gasteiger partial charge on any atom is -0.489 e. The summed E-state index contributed by atoms with van der Waals surface area (Å²) in [7, 11) is 0. The van der Waals surface area contributed by atoms with Gasteiger partial charge >= 0.3 is 0 Å². The Kier molecular flexibility index (Phi) is 9.91. The van der Waals surface area contributed by atoms with E-state index in [1.54, 1.807) is 23.1 Å². The molecule has 1 saturated carbocycles. The molecule has 13 heteroatoms. The van der Waals surface area contributed by atoms with E-state index in [9.17, 15) is 24.4 Å². The van der Waals surface area contributed by atoms with Crippen LogP contribution in [0.3, 0.4) is 0 Å². The van der Waals surface area contributed by atoms with Crippen molar-refractivity contribution >= 4 is 46.6 Å². The number of nitrogens with zero attached hydrogens (tertiary/aromatic N) is 6. The van der Waals surface area contributed by atoms with Crippen LogP contribution >= 0.6 is 11.6 Å². The molecule has 1 atom stereocenters. The predicted octanol–water partition coefficient (Wildman–Crippen LogP) is 5.85. The molecular formula is C46H52ClN7O5. The number of piperazine rings is 1. The second-order valence-electron chi connectivity index (χ2n) is 18.5. The zero-order valence-electron chi connectivity index (χ0n) is 34.3. The summed E-state index contributed by atoms with van der Waals surface area (Å²) in [4.78, 5) is 62.3. The number of imide groups is 1. The van der Waals surface area contributed by atoms with Gasteiger partial charge in [-0.1, -0.05) is 39.3 Å². The highest BCUT2D eigenvalue weighted by Crippen LogP contribution is 2.59. The number of hydrogen-bond donors (Lipinski definition) is 1. The Hall–Kier alpha value is -5.12. The first-order valence-corrected chi connectivity index (χ1v) is 21.4. The topological polar surface area (TPSA) is 130 Å². The molecule has 3 aromatic carbocycles. The van der Waals surface area contributed by atoms with Crippen molar-refractivity contribution in [2.45, 2.75) is 84.7 Å². The molecule has 6 aliphatic rings. The van der Waals surface area contributed by atoms with E-state index in [0.29, 0.717) is 47.3 Å². The van der Waals surface area contributed by atoms with Gasteiger partial charge in [0.05, 0.1) is 10.6 Å². The zero-order valence-corrected chi connectivity index (χ0v) is 35.1. The highest BCUT2D eigenvalue weighted by molar-refractivity contribution is 6.31. The van der Waals surface area contributed by atoms with Crippen LogP contribution in [0.15, 0.2) is 54.6 Å². The van der Waals surface area contributed by atoms with E-state index in [4.69, 9.17) is 16.3 Å². The van der Waals surface area contributed by atoms with Gasteiger partial charge in [-0.2, -0.15) is 5.26 Å². The maximum Gasteiger partial charge on any atom is 0.255 e. The van der Waals surface area contributed by atoms with Crippen LogP contribution in [0.4, 0.5) is 11.4 Å². The summed E-state index contributed by atoms with van der Waals surface area (Å²) < 4.78 is 6.51. The normalized spacial score (nSPS) is 25.4. The number of nitriles is 1. The number of hydrogen-bond acceptors (Lipinski definition) is 9. The third-order valence-corrected chi connectivity index (χ3v) is 14.4. The smallest absolute Gasteiger partial charge is 0.255 e. The number of rotatable bonds is 8. The third kappa shape index (κ3) is 6.90. The number of fused-ring (bicyclic) bond motifs is 2. The molecule has 3 aromatic rings. The molecule has 1 unspecified atom stereocenters. The monoisotopic (exact) mass is 817 g/mol. The number of anilines is 2. The first-order chi connectivity index (χ1) is 28.2. The maximum atomic E-state index is 13.9. The number of nitrogens with one attached hydrogen (secondary N) is 1. The van der Waals surface area contributed by atoms with Crippen LogP contribution in [0.1, 0.15) is 90.8 Å². The van der Waals surface area contributed by atoms with Crippen LogP contribution in [0.25, 0.3) is 0 Å². The fourth-order valence-corrected chi connectivity index (χ4v) is 11.6. The number of carbonyl (C=O) groups excluding carboxylic acids is 4. The van der Waals surface area contributed by atoms with Crippen molar-refractivity contribution in [3.05, 3.63) is 87.4 Å². The summed E-state index contributed by atoms with van der Waals surface area (Å²) in [5, 5.41) is 12.0. The number of carbonyl (C=O) groups is 4. The van der Waals surface area contributed by atoms with Crippen molar-refractivity contribution in [3.8, 4) is 11.8 Å². The van der Waals surface area contributed by atoms with E-state index in [1.807, 2.05) is 18.2 Å². The number of ether oxygens (including phenoxy) is 1. The minimum absolute atomic E-state index is 0.0216. The van der Waals surface area contributed by atoms with Crippen LogP contribution in [-0.4, -0.2) is 102 Å². The summed E-state index contributed by atoms with van der Waals surface area (Å²) in [6.45, 7) is 16.5.